The summed E-state index contributed by atoms with van der Waals surface area (Å²) in [6, 6.07) is 7.45. The summed E-state index contributed by atoms with van der Waals surface area (Å²) in [5.41, 5.74) is 0.859. The van der Waals surface area contributed by atoms with E-state index >= 15 is 0 Å². The van der Waals surface area contributed by atoms with Crippen molar-refractivity contribution >= 4 is 35.8 Å². The van der Waals surface area contributed by atoms with Crippen molar-refractivity contribution in [2.75, 3.05) is 39.3 Å². The number of piperazine rings is 1. The van der Waals surface area contributed by atoms with Crippen molar-refractivity contribution in [2.24, 2.45) is 5.92 Å². The lowest BCUT2D eigenvalue weighted by Crippen LogP contribution is -2.51. The molecule has 1 aromatic carbocycles. The molecule has 2 fully saturated rings. The van der Waals surface area contributed by atoms with Gasteiger partial charge in [-0.1, -0.05) is 29.8 Å². The number of benzene rings is 1. The number of nitrogens with zero attached hydrogens (tertiary/aromatic N) is 2. The molecule has 7 heteroatoms. The van der Waals surface area contributed by atoms with Gasteiger partial charge in [-0.3, -0.25) is 9.59 Å². The first-order chi connectivity index (χ1) is 12.1. The summed E-state index contributed by atoms with van der Waals surface area (Å²) in [5, 5.41) is 3.97. The molecule has 5 nitrogen and oxygen atoms in total. The maximum absolute atomic E-state index is 12.5. The third-order valence-electron chi connectivity index (χ3n) is 5.21. The Morgan fingerprint density at radius 3 is 2.35 bits per heavy atom. The third kappa shape index (κ3) is 5.60. The Hall–Kier alpha value is -1.30. The molecule has 0 saturated carbocycles. The Balaban J connectivity index is 0.00000243. The van der Waals surface area contributed by atoms with E-state index in [2.05, 4.69) is 5.32 Å². The van der Waals surface area contributed by atoms with E-state index < -0.39 is 0 Å². The molecule has 0 aliphatic carbocycles. The molecule has 26 heavy (non-hydrogen) atoms. The Morgan fingerprint density at radius 2 is 1.73 bits per heavy atom. The number of carbonyl (C=O) groups excluding carboxylic acids is 2. The molecule has 1 aromatic rings. The van der Waals surface area contributed by atoms with E-state index in [0.29, 0.717) is 50.0 Å². The van der Waals surface area contributed by atoms with Crippen LogP contribution in [0.25, 0.3) is 0 Å². The smallest absolute Gasteiger partial charge is 0.227 e. The maximum atomic E-state index is 12.5. The molecule has 0 radical (unpaired) electrons. The highest BCUT2D eigenvalue weighted by atomic mass is 35.5. The number of rotatable bonds is 5. The zero-order chi connectivity index (χ0) is 17.6. The molecule has 1 unspecified atom stereocenters. The summed E-state index contributed by atoms with van der Waals surface area (Å²) in [6.07, 6.45) is 3.09. The van der Waals surface area contributed by atoms with Crippen LogP contribution >= 0.6 is 24.0 Å². The van der Waals surface area contributed by atoms with Gasteiger partial charge in [0.25, 0.3) is 0 Å². The number of hydrogen-bond donors (Lipinski definition) is 1. The molecule has 2 saturated heterocycles. The minimum atomic E-state index is 0. The van der Waals surface area contributed by atoms with Crippen molar-refractivity contribution in [1.82, 2.24) is 15.1 Å². The number of halogens is 2. The van der Waals surface area contributed by atoms with Gasteiger partial charge in [-0.15, -0.1) is 12.4 Å². The van der Waals surface area contributed by atoms with Gasteiger partial charge < -0.3 is 15.1 Å². The van der Waals surface area contributed by atoms with Crippen molar-refractivity contribution < 1.29 is 9.59 Å². The zero-order valence-electron chi connectivity index (χ0n) is 15.0. The van der Waals surface area contributed by atoms with Gasteiger partial charge in [-0.25, -0.2) is 0 Å². The molecule has 2 amide bonds. The van der Waals surface area contributed by atoms with Gasteiger partial charge in [0.1, 0.15) is 0 Å². The highest BCUT2D eigenvalue weighted by Gasteiger charge is 2.25. The molecule has 2 aliphatic rings. The van der Waals surface area contributed by atoms with Gasteiger partial charge in [0.2, 0.25) is 11.8 Å². The fraction of sp³-hybridized carbons (Fsp3) is 0.579. The lowest BCUT2D eigenvalue weighted by molar-refractivity contribution is -0.139. The fourth-order valence-corrected chi connectivity index (χ4v) is 3.77. The summed E-state index contributed by atoms with van der Waals surface area (Å²) in [4.78, 5) is 28.6. The number of hydrogen-bond acceptors (Lipinski definition) is 3. The number of carbonyl (C=O) groups is 2. The molecule has 2 heterocycles. The first-order valence-corrected chi connectivity index (χ1v) is 9.51. The molecule has 2 aliphatic heterocycles. The van der Waals surface area contributed by atoms with Gasteiger partial charge in [-0.2, -0.15) is 0 Å². The minimum Gasteiger partial charge on any atom is -0.339 e. The average Bonchev–Trinajstić information content (AvgIpc) is 3.15. The molecule has 144 valence electrons. The van der Waals surface area contributed by atoms with E-state index in [-0.39, 0.29) is 24.2 Å². The third-order valence-corrected chi connectivity index (χ3v) is 5.58. The van der Waals surface area contributed by atoms with E-state index in [0.717, 1.165) is 25.1 Å². The van der Waals surface area contributed by atoms with Crippen molar-refractivity contribution in [1.29, 1.82) is 0 Å². The van der Waals surface area contributed by atoms with Crippen LogP contribution in [0.2, 0.25) is 5.02 Å². The number of amides is 2. The normalized spacial score (nSPS) is 20.0. The summed E-state index contributed by atoms with van der Waals surface area (Å²) < 4.78 is 0. The predicted molar refractivity (Wildman–Crippen MR) is 106 cm³/mol. The molecule has 0 aromatic heterocycles. The maximum Gasteiger partial charge on any atom is 0.227 e. The lowest BCUT2D eigenvalue weighted by atomic mass is 10.0. The van der Waals surface area contributed by atoms with Crippen molar-refractivity contribution in [3.05, 3.63) is 34.9 Å². The molecular formula is C19H27Cl2N3O2. The second-order valence-corrected chi connectivity index (χ2v) is 7.33. The second-order valence-electron chi connectivity index (χ2n) is 6.93. The van der Waals surface area contributed by atoms with Crippen LogP contribution in [-0.2, 0) is 16.0 Å². The summed E-state index contributed by atoms with van der Waals surface area (Å²) >= 11 is 6.13. The van der Waals surface area contributed by atoms with E-state index in [1.54, 1.807) is 6.07 Å². The van der Waals surface area contributed by atoms with Crippen LogP contribution in [-0.4, -0.2) is 60.9 Å². The van der Waals surface area contributed by atoms with Gasteiger partial charge in [0.05, 0.1) is 6.42 Å². The average molecular weight is 400 g/mol. The molecular weight excluding hydrogens is 373 g/mol. The molecule has 0 bridgehead atoms. The lowest BCUT2D eigenvalue weighted by Gasteiger charge is -2.35. The largest absolute Gasteiger partial charge is 0.339 e. The van der Waals surface area contributed by atoms with Gasteiger partial charge in [0.15, 0.2) is 0 Å². The first kappa shape index (κ1) is 21.0. The molecule has 1 atom stereocenters. The summed E-state index contributed by atoms with van der Waals surface area (Å²) in [6.45, 7) is 4.61. The van der Waals surface area contributed by atoms with Crippen LogP contribution in [0.5, 0.6) is 0 Å². The Bertz CT molecular complexity index is 613. The van der Waals surface area contributed by atoms with E-state index in [9.17, 15) is 9.59 Å². The van der Waals surface area contributed by atoms with Crippen LogP contribution in [0.1, 0.15) is 24.8 Å². The monoisotopic (exact) mass is 399 g/mol. The van der Waals surface area contributed by atoms with E-state index in [1.165, 1.54) is 6.42 Å². The SMILES string of the molecule is Cl.O=C(CCC1CCNC1)N1CCN(C(=O)Cc2ccccc2Cl)CC1. The highest BCUT2D eigenvalue weighted by molar-refractivity contribution is 6.31. The standard InChI is InChI=1S/C19H26ClN3O2.ClH/c20-17-4-2-1-3-16(17)13-19(25)23-11-9-22(10-12-23)18(24)6-5-15-7-8-21-14-15;/h1-4,15,21H,5-14H2;1H. The first-order valence-electron chi connectivity index (χ1n) is 9.13. The van der Waals surface area contributed by atoms with Crippen LogP contribution in [0.3, 0.4) is 0 Å². The highest BCUT2D eigenvalue weighted by Crippen LogP contribution is 2.18. The molecule has 0 spiro atoms. The summed E-state index contributed by atoms with van der Waals surface area (Å²) in [5.74, 6) is 0.949. The van der Waals surface area contributed by atoms with Crippen LogP contribution in [0.15, 0.2) is 24.3 Å². The summed E-state index contributed by atoms with van der Waals surface area (Å²) in [7, 11) is 0. The quantitative estimate of drug-likeness (QED) is 0.826. The van der Waals surface area contributed by atoms with E-state index in [1.807, 2.05) is 28.0 Å². The van der Waals surface area contributed by atoms with Crippen molar-refractivity contribution in [3.8, 4) is 0 Å². The van der Waals surface area contributed by atoms with Crippen LogP contribution in [0.4, 0.5) is 0 Å². The minimum absolute atomic E-state index is 0. The van der Waals surface area contributed by atoms with Gasteiger partial charge in [-0.05, 0) is 43.5 Å². The zero-order valence-corrected chi connectivity index (χ0v) is 16.5. The van der Waals surface area contributed by atoms with Crippen LogP contribution in [0, 0.1) is 5.92 Å². The predicted octanol–water partition coefficient (Wildman–Crippen LogP) is 2.36. The van der Waals surface area contributed by atoms with Crippen molar-refractivity contribution in [2.45, 2.75) is 25.7 Å². The van der Waals surface area contributed by atoms with E-state index in [4.69, 9.17) is 11.6 Å². The second kappa shape index (κ2) is 10.1. The fourth-order valence-electron chi connectivity index (χ4n) is 3.57. The van der Waals surface area contributed by atoms with Gasteiger partial charge in [0, 0.05) is 37.6 Å². The van der Waals surface area contributed by atoms with Gasteiger partial charge >= 0.3 is 0 Å². The Labute approximate surface area is 166 Å². The topological polar surface area (TPSA) is 52.7 Å². The Kier molecular flexibility index (Phi) is 8.19. The molecule has 3 rings (SSSR count). The van der Waals surface area contributed by atoms with Crippen LogP contribution < -0.4 is 5.32 Å². The van der Waals surface area contributed by atoms with Crippen molar-refractivity contribution in [3.63, 3.8) is 0 Å². The Morgan fingerprint density at radius 1 is 1.08 bits per heavy atom. The number of nitrogens with one attached hydrogen (secondary N) is 1. The molecule has 1 N–H and O–H groups in total.